The summed E-state index contributed by atoms with van der Waals surface area (Å²) >= 11 is 0. The van der Waals surface area contributed by atoms with Crippen molar-refractivity contribution >= 4 is 29.1 Å². The van der Waals surface area contributed by atoms with E-state index >= 15 is 0 Å². The lowest BCUT2D eigenvalue weighted by Crippen LogP contribution is -2.48. The molecule has 0 unspecified atom stereocenters. The van der Waals surface area contributed by atoms with Gasteiger partial charge in [-0.15, -0.1) is 0 Å². The van der Waals surface area contributed by atoms with Gasteiger partial charge in [-0.1, -0.05) is 12.1 Å². The highest BCUT2D eigenvalue weighted by atomic mass is 16.2. The molecule has 24 heavy (non-hydrogen) atoms. The zero-order chi connectivity index (χ0) is 17.3. The van der Waals surface area contributed by atoms with Gasteiger partial charge in [0.05, 0.1) is 17.3 Å². The number of amides is 3. The van der Waals surface area contributed by atoms with Gasteiger partial charge in [-0.2, -0.15) is 0 Å². The lowest BCUT2D eigenvalue weighted by Gasteiger charge is -2.37. The Kier molecular flexibility index (Phi) is 4.42. The van der Waals surface area contributed by atoms with Gasteiger partial charge in [0.2, 0.25) is 17.7 Å². The van der Waals surface area contributed by atoms with E-state index < -0.39 is 11.8 Å². The van der Waals surface area contributed by atoms with Crippen molar-refractivity contribution in [3.63, 3.8) is 0 Å². The molecule has 1 aromatic rings. The predicted octanol–water partition coefficient (Wildman–Crippen LogP) is 0.193. The molecule has 2 N–H and O–H groups in total. The fourth-order valence-electron chi connectivity index (χ4n) is 3.35. The zero-order valence-corrected chi connectivity index (χ0v) is 13.8. The second-order valence-corrected chi connectivity index (χ2v) is 6.29. The maximum atomic E-state index is 12.3. The van der Waals surface area contributed by atoms with Crippen LogP contribution in [-0.4, -0.2) is 55.3 Å². The first-order valence-electron chi connectivity index (χ1n) is 8.16. The summed E-state index contributed by atoms with van der Waals surface area (Å²) in [6.45, 7) is 4.69. The normalized spacial score (nSPS) is 21.3. The molecule has 0 aliphatic carbocycles. The second-order valence-electron chi connectivity index (χ2n) is 6.29. The molecule has 1 aromatic carbocycles. The lowest BCUT2D eigenvalue weighted by molar-refractivity contribution is -0.129. The fraction of sp³-hybridized carbons (Fsp3) is 0.471. The molecule has 2 aliphatic rings. The van der Waals surface area contributed by atoms with Crippen LogP contribution in [0.2, 0.25) is 0 Å². The Morgan fingerprint density at radius 1 is 1.08 bits per heavy atom. The van der Waals surface area contributed by atoms with Crippen molar-refractivity contribution in [1.29, 1.82) is 0 Å². The van der Waals surface area contributed by atoms with Crippen molar-refractivity contribution in [2.24, 2.45) is 11.7 Å². The quantitative estimate of drug-likeness (QED) is 0.857. The Hall–Kier alpha value is -2.57. The van der Waals surface area contributed by atoms with Gasteiger partial charge in [-0.3, -0.25) is 14.4 Å². The van der Waals surface area contributed by atoms with E-state index in [-0.39, 0.29) is 18.2 Å². The van der Waals surface area contributed by atoms with Crippen LogP contribution in [0.3, 0.4) is 0 Å². The van der Waals surface area contributed by atoms with E-state index in [2.05, 4.69) is 4.90 Å². The molecule has 2 fully saturated rings. The van der Waals surface area contributed by atoms with Crippen LogP contribution in [0.4, 0.5) is 11.4 Å². The zero-order valence-electron chi connectivity index (χ0n) is 13.8. The Bertz CT molecular complexity index is 668. The van der Waals surface area contributed by atoms with Crippen LogP contribution in [0, 0.1) is 5.92 Å². The number of rotatable bonds is 3. The van der Waals surface area contributed by atoms with E-state index in [1.54, 1.807) is 11.8 Å². The van der Waals surface area contributed by atoms with Gasteiger partial charge >= 0.3 is 0 Å². The molecule has 2 heterocycles. The number of para-hydroxylation sites is 2. The molecule has 0 aromatic heterocycles. The van der Waals surface area contributed by atoms with Crippen LogP contribution >= 0.6 is 0 Å². The minimum Gasteiger partial charge on any atom is -0.369 e. The van der Waals surface area contributed by atoms with Gasteiger partial charge in [-0.25, -0.2) is 0 Å². The van der Waals surface area contributed by atoms with Crippen LogP contribution in [0.15, 0.2) is 24.3 Å². The molecule has 0 radical (unpaired) electrons. The third-order valence-corrected chi connectivity index (χ3v) is 4.77. The van der Waals surface area contributed by atoms with Gasteiger partial charge in [0.15, 0.2) is 0 Å². The molecule has 3 rings (SSSR count). The maximum Gasteiger partial charge on any atom is 0.227 e. The number of hydrogen-bond acceptors (Lipinski definition) is 4. The van der Waals surface area contributed by atoms with Crippen molar-refractivity contribution in [1.82, 2.24) is 4.90 Å². The van der Waals surface area contributed by atoms with Gasteiger partial charge < -0.3 is 20.4 Å². The number of carbonyl (C=O) groups is 3. The van der Waals surface area contributed by atoms with Crippen molar-refractivity contribution in [2.75, 3.05) is 42.5 Å². The Balaban J connectivity index is 1.81. The number of nitrogens with zero attached hydrogens (tertiary/aromatic N) is 3. The summed E-state index contributed by atoms with van der Waals surface area (Å²) in [6.07, 6.45) is 0.168. The minimum atomic E-state index is -0.432. The Morgan fingerprint density at radius 2 is 1.71 bits per heavy atom. The summed E-state index contributed by atoms with van der Waals surface area (Å²) in [5.41, 5.74) is 7.12. The summed E-state index contributed by atoms with van der Waals surface area (Å²) in [6, 6.07) is 7.69. The molecule has 0 saturated carbocycles. The summed E-state index contributed by atoms with van der Waals surface area (Å²) in [5, 5.41) is 0. The number of primary amides is 1. The molecule has 0 bridgehead atoms. The summed E-state index contributed by atoms with van der Waals surface area (Å²) in [5.74, 6) is -0.853. The van der Waals surface area contributed by atoms with E-state index in [4.69, 9.17) is 5.73 Å². The second kappa shape index (κ2) is 6.51. The number of nitrogens with two attached hydrogens (primary N) is 1. The van der Waals surface area contributed by atoms with Crippen LogP contribution < -0.4 is 15.5 Å². The van der Waals surface area contributed by atoms with Crippen molar-refractivity contribution in [3.8, 4) is 0 Å². The van der Waals surface area contributed by atoms with Gasteiger partial charge in [0, 0.05) is 46.1 Å². The van der Waals surface area contributed by atoms with E-state index in [1.165, 1.54) is 0 Å². The van der Waals surface area contributed by atoms with Crippen molar-refractivity contribution in [3.05, 3.63) is 24.3 Å². The molecule has 0 spiro atoms. The predicted molar refractivity (Wildman–Crippen MR) is 90.6 cm³/mol. The average molecular weight is 330 g/mol. The average Bonchev–Trinajstić information content (AvgIpc) is 2.97. The fourth-order valence-corrected chi connectivity index (χ4v) is 3.35. The summed E-state index contributed by atoms with van der Waals surface area (Å²) in [4.78, 5) is 40.8. The van der Waals surface area contributed by atoms with Crippen LogP contribution in [0.25, 0.3) is 0 Å². The van der Waals surface area contributed by atoms with Crippen molar-refractivity contribution < 1.29 is 14.4 Å². The first kappa shape index (κ1) is 16.3. The summed E-state index contributed by atoms with van der Waals surface area (Å²) < 4.78 is 0. The first-order valence-corrected chi connectivity index (χ1v) is 8.16. The van der Waals surface area contributed by atoms with Crippen molar-refractivity contribution in [2.45, 2.75) is 13.3 Å². The summed E-state index contributed by atoms with van der Waals surface area (Å²) in [7, 11) is 0. The number of hydrogen-bond donors (Lipinski definition) is 1. The maximum absolute atomic E-state index is 12.3. The highest BCUT2D eigenvalue weighted by Crippen LogP contribution is 2.34. The SMILES string of the molecule is CC(=O)N1CCN(c2ccccc2N2C[C@@H](C(N)=O)CC2=O)CC1. The highest BCUT2D eigenvalue weighted by molar-refractivity contribution is 6.02. The molecule has 1 atom stereocenters. The van der Waals surface area contributed by atoms with Gasteiger partial charge in [-0.05, 0) is 12.1 Å². The first-order chi connectivity index (χ1) is 11.5. The van der Waals surface area contributed by atoms with Gasteiger partial charge in [0.25, 0.3) is 0 Å². The molecule has 7 nitrogen and oxygen atoms in total. The monoisotopic (exact) mass is 330 g/mol. The number of benzene rings is 1. The molecule has 128 valence electrons. The van der Waals surface area contributed by atoms with Gasteiger partial charge in [0.1, 0.15) is 0 Å². The third kappa shape index (κ3) is 3.06. The van der Waals surface area contributed by atoms with Crippen LogP contribution in [-0.2, 0) is 14.4 Å². The van der Waals surface area contributed by atoms with Crippen LogP contribution in [0.5, 0.6) is 0 Å². The smallest absolute Gasteiger partial charge is 0.227 e. The highest BCUT2D eigenvalue weighted by Gasteiger charge is 2.35. The molecule has 7 heteroatoms. The third-order valence-electron chi connectivity index (χ3n) is 4.77. The standard InChI is InChI=1S/C17H22N4O3/c1-12(22)19-6-8-20(9-7-19)14-4-2-3-5-15(14)21-11-13(17(18)24)10-16(21)23/h2-5,13H,6-11H2,1H3,(H2,18,24)/t13-/m0/s1. The van der Waals surface area contributed by atoms with E-state index in [1.807, 2.05) is 29.2 Å². The Morgan fingerprint density at radius 3 is 2.25 bits per heavy atom. The van der Waals surface area contributed by atoms with E-state index in [0.29, 0.717) is 19.6 Å². The van der Waals surface area contributed by atoms with E-state index in [0.717, 1.165) is 24.5 Å². The number of carbonyl (C=O) groups excluding carboxylic acids is 3. The topological polar surface area (TPSA) is 86.9 Å². The molecule has 3 amide bonds. The number of anilines is 2. The number of piperazine rings is 1. The van der Waals surface area contributed by atoms with Crippen LogP contribution in [0.1, 0.15) is 13.3 Å². The largest absolute Gasteiger partial charge is 0.369 e. The molecular formula is C17H22N4O3. The Labute approximate surface area is 141 Å². The molecular weight excluding hydrogens is 308 g/mol. The molecule has 2 aliphatic heterocycles. The minimum absolute atomic E-state index is 0.0754. The molecule has 2 saturated heterocycles. The lowest BCUT2D eigenvalue weighted by atomic mass is 10.1. The van der Waals surface area contributed by atoms with E-state index in [9.17, 15) is 14.4 Å².